The summed E-state index contributed by atoms with van der Waals surface area (Å²) >= 11 is 0. The summed E-state index contributed by atoms with van der Waals surface area (Å²) in [5.74, 6) is -1.03. The van der Waals surface area contributed by atoms with Crippen molar-refractivity contribution in [1.82, 2.24) is 4.90 Å². The fourth-order valence-electron chi connectivity index (χ4n) is 2.08. The minimum atomic E-state index is -1.03. The maximum Gasteiger partial charge on any atom is 0.324 e. The molecule has 6 heteroatoms. The van der Waals surface area contributed by atoms with Crippen LogP contribution in [-0.4, -0.2) is 48.2 Å². The summed E-state index contributed by atoms with van der Waals surface area (Å²) < 4.78 is 0. The van der Waals surface area contributed by atoms with Gasteiger partial charge in [0.05, 0.1) is 0 Å². The molecular formula is C13H17N3O3. The third-order valence-electron chi connectivity index (χ3n) is 3.21. The number of carboxylic acid groups (broad SMARTS) is 1. The number of hydrogen-bond donors (Lipinski definition) is 2. The number of rotatable bonds is 4. The molecule has 1 atom stereocenters. The lowest BCUT2D eigenvalue weighted by molar-refractivity contribution is -0.138. The Balaban J connectivity index is 2.16. The van der Waals surface area contributed by atoms with Gasteiger partial charge in [-0.15, -0.1) is 0 Å². The van der Waals surface area contributed by atoms with Crippen LogP contribution >= 0.6 is 0 Å². The summed E-state index contributed by atoms with van der Waals surface area (Å²) in [6.07, 6.45) is 0.251. The molecule has 1 fully saturated rings. The van der Waals surface area contributed by atoms with Crippen molar-refractivity contribution in [2.75, 3.05) is 25.0 Å². The molecule has 0 aromatic heterocycles. The molecule has 1 aromatic rings. The molecular weight excluding hydrogens is 246 g/mol. The van der Waals surface area contributed by atoms with E-state index >= 15 is 0 Å². The zero-order valence-electron chi connectivity index (χ0n) is 10.7. The molecule has 1 aliphatic rings. The molecule has 19 heavy (non-hydrogen) atoms. The Bertz CT molecular complexity index is 504. The maximum atomic E-state index is 11.9. The Hall–Kier alpha value is -2.08. The second-order valence-electron chi connectivity index (χ2n) is 4.67. The summed E-state index contributed by atoms with van der Waals surface area (Å²) in [6, 6.07) is 6.32. The first kappa shape index (κ1) is 13.4. The zero-order chi connectivity index (χ0) is 14.0. The van der Waals surface area contributed by atoms with Crippen LogP contribution in [0.25, 0.3) is 0 Å². The minimum Gasteiger partial charge on any atom is -0.480 e. The van der Waals surface area contributed by atoms with Crippen molar-refractivity contribution in [3.63, 3.8) is 0 Å². The number of nitrogens with zero attached hydrogens (tertiary/aromatic N) is 2. The minimum absolute atomic E-state index is 0.0420. The molecule has 6 nitrogen and oxygen atoms in total. The van der Waals surface area contributed by atoms with Crippen LogP contribution in [0.4, 0.5) is 10.5 Å². The molecule has 0 radical (unpaired) electrons. The third kappa shape index (κ3) is 2.85. The normalized spacial score (nSPS) is 16.8. The van der Waals surface area contributed by atoms with Gasteiger partial charge < -0.3 is 15.7 Å². The Morgan fingerprint density at radius 2 is 2.21 bits per heavy atom. The monoisotopic (exact) mass is 263 g/mol. The van der Waals surface area contributed by atoms with Gasteiger partial charge in [0.15, 0.2) is 0 Å². The summed E-state index contributed by atoms with van der Waals surface area (Å²) in [5, 5.41) is 8.80. The van der Waals surface area contributed by atoms with Crippen molar-refractivity contribution in [1.29, 1.82) is 0 Å². The molecule has 102 valence electrons. The number of carbonyl (C=O) groups is 2. The molecule has 2 amide bonds. The zero-order valence-corrected chi connectivity index (χ0v) is 10.7. The highest BCUT2D eigenvalue weighted by atomic mass is 16.4. The smallest absolute Gasteiger partial charge is 0.324 e. The number of benzene rings is 1. The quantitative estimate of drug-likeness (QED) is 0.828. The van der Waals surface area contributed by atoms with Gasteiger partial charge in [-0.05, 0) is 24.1 Å². The maximum absolute atomic E-state index is 11.9. The first-order valence-electron chi connectivity index (χ1n) is 6.09. The first-order chi connectivity index (χ1) is 8.99. The van der Waals surface area contributed by atoms with E-state index in [1.54, 1.807) is 16.8 Å². The molecule has 0 spiro atoms. The summed E-state index contributed by atoms with van der Waals surface area (Å²) in [7, 11) is 1.76. The van der Waals surface area contributed by atoms with Crippen molar-refractivity contribution in [3.05, 3.63) is 29.8 Å². The van der Waals surface area contributed by atoms with E-state index in [1.807, 2.05) is 24.3 Å². The second kappa shape index (κ2) is 5.27. The van der Waals surface area contributed by atoms with Crippen LogP contribution in [-0.2, 0) is 11.2 Å². The van der Waals surface area contributed by atoms with Gasteiger partial charge in [0.1, 0.15) is 6.04 Å². The number of nitrogens with two attached hydrogens (primary N) is 1. The largest absolute Gasteiger partial charge is 0.480 e. The SMILES string of the molecule is CN1CCN(c2cccc(CC(N)C(=O)O)c2)C1=O. The molecule has 0 saturated carbocycles. The van der Waals surface area contributed by atoms with Crippen LogP contribution in [0.3, 0.4) is 0 Å². The van der Waals surface area contributed by atoms with E-state index in [1.165, 1.54) is 0 Å². The van der Waals surface area contributed by atoms with Gasteiger partial charge in [0, 0.05) is 25.8 Å². The molecule has 0 bridgehead atoms. The number of urea groups is 1. The summed E-state index contributed by atoms with van der Waals surface area (Å²) in [5.41, 5.74) is 7.11. The Kier molecular flexibility index (Phi) is 3.71. The first-order valence-corrected chi connectivity index (χ1v) is 6.09. The van der Waals surface area contributed by atoms with Crippen LogP contribution < -0.4 is 10.6 Å². The van der Waals surface area contributed by atoms with Gasteiger partial charge in [-0.2, -0.15) is 0 Å². The lowest BCUT2D eigenvalue weighted by Gasteiger charge is -2.17. The number of amides is 2. The highest BCUT2D eigenvalue weighted by molar-refractivity contribution is 5.94. The van der Waals surface area contributed by atoms with Crippen molar-refractivity contribution >= 4 is 17.7 Å². The van der Waals surface area contributed by atoms with Crippen LogP contribution in [0.5, 0.6) is 0 Å². The van der Waals surface area contributed by atoms with Gasteiger partial charge in [0.2, 0.25) is 0 Å². The fraction of sp³-hybridized carbons (Fsp3) is 0.385. The standard InChI is InChI=1S/C13H17N3O3/c1-15-5-6-16(13(15)19)10-4-2-3-9(7-10)8-11(14)12(17)18/h2-4,7,11H,5-6,8,14H2,1H3,(H,17,18). The molecule has 2 rings (SSSR count). The van der Waals surface area contributed by atoms with Crippen LogP contribution in [0.2, 0.25) is 0 Å². The molecule has 1 saturated heterocycles. The van der Waals surface area contributed by atoms with Gasteiger partial charge in [-0.3, -0.25) is 9.69 Å². The lowest BCUT2D eigenvalue weighted by Crippen LogP contribution is -2.32. The highest BCUT2D eigenvalue weighted by Gasteiger charge is 2.26. The van der Waals surface area contributed by atoms with Crippen molar-refractivity contribution in [3.8, 4) is 0 Å². The Morgan fingerprint density at radius 1 is 1.47 bits per heavy atom. The van der Waals surface area contributed by atoms with E-state index in [-0.39, 0.29) is 12.5 Å². The van der Waals surface area contributed by atoms with E-state index in [9.17, 15) is 9.59 Å². The van der Waals surface area contributed by atoms with Crippen molar-refractivity contribution < 1.29 is 14.7 Å². The van der Waals surface area contributed by atoms with E-state index in [0.29, 0.717) is 13.1 Å². The fourth-order valence-corrected chi connectivity index (χ4v) is 2.08. The van der Waals surface area contributed by atoms with E-state index in [0.717, 1.165) is 11.3 Å². The van der Waals surface area contributed by atoms with E-state index in [4.69, 9.17) is 10.8 Å². The summed E-state index contributed by atoms with van der Waals surface area (Å²) in [6.45, 7) is 1.33. The van der Waals surface area contributed by atoms with Crippen LogP contribution in [0, 0.1) is 0 Å². The van der Waals surface area contributed by atoms with Crippen LogP contribution in [0.1, 0.15) is 5.56 Å². The average molecular weight is 263 g/mol. The molecule has 0 aliphatic carbocycles. The lowest BCUT2D eigenvalue weighted by atomic mass is 10.1. The van der Waals surface area contributed by atoms with Crippen molar-refractivity contribution in [2.24, 2.45) is 5.73 Å². The predicted molar refractivity (Wildman–Crippen MR) is 71.1 cm³/mol. The highest BCUT2D eigenvalue weighted by Crippen LogP contribution is 2.21. The Labute approximate surface area is 111 Å². The number of carbonyl (C=O) groups excluding carboxylic acids is 1. The molecule has 1 unspecified atom stereocenters. The predicted octanol–water partition coefficient (Wildman–Crippen LogP) is 0.513. The number of anilines is 1. The third-order valence-corrected chi connectivity index (χ3v) is 3.21. The Morgan fingerprint density at radius 3 is 2.79 bits per heavy atom. The number of carboxylic acids is 1. The van der Waals surface area contributed by atoms with E-state index < -0.39 is 12.0 Å². The van der Waals surface area contributed by atoms with Gasteiger partial charge in [-0.1, -0.05) is 12.1 Å². The average Bonchev–Trinajstić information content (AvgIpc) is 2.70. The van der Waals surface area contributed by atoms with Gasteiger partial charge >= 0.3 is 12.0 Å². The molecule has 1 aromatic carbocycles. The molecule has 1 aliphatic heterocycles. The molecule has 3 N–H and O–H groups in total. The van der Waals surface area contributed by atoms with Gasteiger partial charge in [0.25, 0.3) is 0 Å². The topological polar surface area (TPSA) is 86.9 Å². The van der Waals surface area contributed by atoms with Crippen LogP contribution in [0.15, 0.2) is 24.3 Å². The van der Waals surface area contributed by atoms with Crippen molar-refractivity contribution in [2.45, 2.75) is 12.5 Å². The number of aliphatic carboxylic acids is 1. The summed E-state index contributed by atoms with van der Waals surface area (Å²) in [4.78, 5) is 25.9. The molecule has 1 heterocycles. The number of likely N-dealkylation sites (N-methyl/N-ethyl adjacent to an activating group) is 1. The number of hydrogen-bond acceptors (Lipinski definition) is 3. The van der Waals surface area contributed by atoms with E-state index in [2.05, 4.69) is 0 Å². The second-order valence-corrected chi connectivity index (χ2v) is 4.67. The van der Waals surface area contributed by atoms with Gasteiger partial charge in [-0.25, -0.2) is 4.79 Å².